The maximum Gasteiger partial charge on any atom is 0.246 e. The Balaban J connectivity index is 1.37. The van der Waals surface area contributed by atoms with Crippen LogP contribution in [0.25, 0.3) is 0 Å². The Morgan fingerprint density at radius 3 is 2.62 bits per heavy atom. The van der Waals surface area contributed by atoms with Crippen LogP contribution in [0.3, 0.4) is 0 Å². The molecule has 3 aliphatic heterocycles. The van der Waals surface area contributed by atoms with Gasteiger partial charge in [0.25, 0.3) is 0 Å². The van der Waals surface area contributed by atoms with Crippen LogP contribution < -0.4 is 15.5 Å². The first-order chi connectivity index (χ1) is 14.1. The molecule has 0 radical (unpaired) electrons. The summed E-state index contributed by atoms with van der Waals surface area (Å²) in [4.78, 5) is 27.5. The van der Waals surface area contributed by atoms with Crippen molar-refractivity contribution in [3.05, 3.63) is 11.8 Å². The van der Waals surface area contributed by atoms with E-state index in [0.29, 0.717) is 18.1 Å². The number of nitrogens with zero attached hydrogens (tertiary/aromatic N) is 4. The molecule has 29 heavy (non-hydrogen) atoms. The van der Waals surface area contributed by atoms with Crippen molar-refractivity contribution >= 4 is 17.7 Å². The number of rotatable bonds is 4. The number of aromatic nitrogens is 2. The standard InChI is InChI=1S/C22H34N6O/c1-15(2)27-11-7-17(8-12-27)25-21-24-14-16-13-22(9-10-23-20(22)29)28(19(16)26-21)18-5-3-4-6-18/h14-15,17-18H,3-13H2,1-2H3,(H,23,29)(H,24,25,26). The Hall–Kier alpha value is -1.89. The van der Waals surface area contributed by atoms with Crippen molar-refractivity contribution in [1.29, 1.82) is 0 Å². The summed E-state index contributed by atoms with van der Waals surface area (Å²) in [5.74, 6) is 1.91. The number of carbonyl (C=O) groups excluding carboxylic acids is 1. The quantitative estimate of drug-likeness (QED) is 0.811. The topological polar surface area (TPSA) is 73.4 Å². The molecule has 1 amide bonds. The largest absolute Gasteiger partial charge is 0.354 e. The highest BCUT2D eigenvalue weighted by atomic mass is 16.2. The van der Waals surface area contributed by atoms with Crippen molar-refractivity contribution in [3.63, 3.8) is 0 Å². The summed E-state index contributed by atoms with van der Waals surface area (Å²) < 4.78 is 0. The lowest BCUT2D eigenvalue weighted by atomic mass is 9.91. The number of hydrogen-bond donors (Lipinski definition) is 2. The van der Waals surface area contributed by atoms with E-state index in [-0.39, 0.29) is 5.91 Å². The normalized spacial score (nSPS) is 28.5. The van der Waals surface area contributed by atoms with Gasteiger partial charge in [-0.2, -0.15) is 4.98 Å². The van der Waals surface area contributed by atoms with E-state index >= 15 is 0 Å². The summed E-state index contributed by atoms with van der Waals surface area (Å²) >= 11 is 0. The lowest BCUT2D eigenvalue weighted by Crippen LogP contribution is -2.56. The molecular formula is C22H34N6O. The molecule has 3 fully saturated rings. The number of fused-ring (bicyclic) bond motifs is 1. The Kier molecular flexibility index (Phi) is 4.88. The van der Waals surface area contributed by atoms with Crippen LogP contribution in [0.2, 0.25) is 0 Å². The van der Waals surface area contributed by atoms with Gasteiger partial charge in [-0.1, -0.05) is 12.8 Å². The molecule has 4 heterocycles. The maximum absolute atomic E-state index is 12.9. The van der Waals surface area contributed by atoms with Crippen LogP contribution in [0.4, 0.5) is 11.8 Å². The van der Waals surface area contributed by atoms with Gasteiger partial charge in [-0.3, -0.25) is 4.79 Å². The van der Waals surface area contributed by atoms with Gasteiger partial charge < -0.3 is 20.4 Å². The molecule has 1 unspecified atom stereocenters. The molecule has 7 heteroatoms. The third-order valence-electron chi connectivity index (χ3n) is 7.54. The minimum Gasteiger partial charge on any atom is -0.354 e. The van der Waals surface area contributed by atoms with Crippen LogP contribution in [0.1, 0.15) is 64.4 Å². The molecule has 1 aromatic rings. The van der Waals surface area contributed by atoms with Crippen molar-refractivity contribution < 1.29 is 4.79 Å². The molecule has 0 aromatic carbocycles. The first kappa shape index (κ1) is 19.1. The van der Waals surface area contributed by atoms with Gasteiger partial charge in [0.1, 0.15) is 11.4 Å². The second-order valence-corrected chi connectivity index (χ2v) is 9.61. The molecule has 5 rings (SSSR count). The number of amides is 1. The highest BCUT2D eigenvalue weighted by molar-refractivity contribution is 5.94. The molecule has 1 aliphatic carbocycles. The molecule has 158 valence electrons. The van der Waals surface area contributed by atoms with Crippen LogP contribution in [0.5, 0.6) is 0 Å². The van der Waals surface area contributed by atoms with Crippen LogP contribution >= 0.6 is 0 Å². The molecule has 7 nitrogen and oxygen atoms in total. The fourth-order valence-corrected chi connectivity index (χ4v) is 5.89. The number of hydrogen-bond acceptors (Lipinski definition) is 6. The van der Waals surface area contributed by atoms with Gasteiger partial charge in [0.05, 0.1) is 0 Å². The molecule has 4 aliphatic rings. The number of piperidine rings is 1. The van der Waals surface area contributed by atoms with Gasteiger partial charge >= 0.3 is 0 Å². The zero-order chi connectivity index (χ0) is 20.0. The van der Waals surface area contributed by atoms with Gasteiger partial charge in [-0.15, -0.1) is 0 Å². The second kappa shape index (κ2) is 7.42. The second-order valence-electron chi connectivity index (χ2n) is 9.61. The molecule has 1 saturated carbocycles. The van der Waals surface area contributed by atoms with Crippen molar-refractivity contribution in [2.75, 3.05) is 29.9 Å². The van der Waals surface area contributed by atoms with E-state index in [1.54, 1.807) is 0 Å². The highest BCUT2D eigenvalue weighted by Crippen LogP contribution is 2.45. The number of carbonyl (C=O) groups is 1. The van der Waals surface area contributed by atoms with Crippen LogP contribution in [-0.2, 0) is 11.2 Å². The van der Waals surface area contributed by atoms with E-state index in [1.165, 1.54) is 12.8 Å². The molecule has 1 atom stereocenters. The molecule has 1 aromatic heterocycles. The summed E-state index contributed by atoms with van der Waals surface area (Å²) in [6.45, 7) is 7.55. The SMILES string of the molecule is CC(C)N1CCC(Nc2ncc3c(n2)N(C2CCCC2)C2(CCNC2=O)C3)CC1. The lowest BCUT2D eigenvalue weighted by Gasteiger charge is -2.39. The smallest absolute Gasteiger partial charge is 0.246 e. The van der Waals surface area contributed by atoms with Crippen molar-refractivity contribution in [2.24, 2.45) is 0 Å². The minimum atomic E-state index is -0.437. The number of nitrogens with one attached hydrogen (secondary N) is 2. The van der Waals surface area contributed by atoms with Gasteiger partial charge in [-0.25, -0.2) is 4.98 Å². The van der Waals surface area contributed by atoms with Crippen molar-refractivity contribution in [2.45, 2.75) is 88.9 Å². The summed E-state index contributed by atoms with van der Waals surface area (Å²) in [5, 5.41) is 6.68. The van der Waals surface area contributed by atoms with E-state index < -0.39 is 5.54 Å². The Morgan fingerprint density at radius 2 is 1.97 bits per heavy atom. The molecule has 1 spiro atoms. The molecular weight excluding hydrogens is 364 g/mol. The first-order valence-corrected chi connectivity index (χ1v) is 11.5. The average molecular weight is 399 g/mol. The summed E-state index contributed by atoms with van der Waals surface area (Å²) in [5.41, 5.74) is 0.696. The van der Waals surface area contributed by atoms with E-state index in [2.05, 4.69) is 39.3 Å². The predicted octanol–water partition coefficient (Wildman–Crippen LogP) is 2.33. The Morgan fingerprint density at radius 1 is 1.21 bits per heavy atom. The van der Waals surface area contributed by atoms with Gasteiger partial charge in [0.2, 0.25) is 11.9 Å². The van der Waals surface area contributed by atoms with Crippen LogP contribution in [0.15, 0.2) is 6.20 Å². The van der Waals surface area contributed by atoms with Crippen molar-refractivity contribution in [3.8, 4) is 0 Å². The highest BCUT2D eigenvalue weighted by Gasteiger charge is 2.55. The van der Waals surface area contributed by atoms with Crippen molar-refractivity contribution in [1.82, 2.24) is 20.2 Å². The Labute approximate surface area is 173 Å². The van der Waals surface area contributed by atoms with E-state index in [1.807, 2.05) is 6.20 Å². The van der Waals surface area contributed by atoms with Crippen LogP contribution in [0, 0.1) is 0 Å². The fourth-order valence-electron chi connectivity index (χ4n) is 5.89. The van der Waals surface area contributed by atoms with E-state index in [4.69, 9.17) is 4.98 Å². The van der Waals surface area contributed by atoms with Gasteiger partial charge in [-0.05, 0) is 46.0 Å². The summed E-state index contributed by atoms with van der Waals surface area (Å²) in [7, 11) is 0. The third kappa shape index (κ3) is 3.27. The molecule has 0 bridgehead atoms. The number of likely N-dealkylation sites (tertiary alicyclic amines) is 1. The van der Waals surface area contributed by atoms with Gasteiger partial charge in [0, 0.05) is 55.9 Å². The predicted molar refractivity (Wildman–Crippen MR) is 114 cm³/mol. The zero-order valence-electron chi connectivity index (χ0n) is 17.8. The van der Waals surface area contributed by atoms with Crippen LogP contribution in [-0.4, -0.2) is 64.1 Å². The summed E-state index contributed by atoms with van der Waals surface area (Å²) in [6, 6.07) is 1.46. The number of anilines is 2. The van der Waals surface area contributed by atoms with E-state index in [0.717, 1.165) is 75.5 Å². The maximum atomic E-state index is 12.9. The Bertz CT molecular complexity index is 769. The zero-order valence-corrected chi connectivity index (χ0v) is 17.8. The van der Waals surface area contributed by atoms with E-state index in [9.17, 15) is 4.79 Å². The third-order valence-corrected chi connectivity index (χ3v) is 7.54. The van der Waals surface area contributed by atoms with Gasteiger partial charge in [0.15, 0.2) is 0 Å². The summed E-state index contributed by atoms with van der Waals surface area (Å²) in [6.07, 6.45) is 10.7. The minimum absolute atomic E-state index is 0.179. The average Bonchev–Trinajstić information content (AvgIpc) is 3.42. The fraction of sp³-hybridized carbons (Fsp3) is 0.773. The monoisotopic (exact) mass is 398 g/mol. The lowest BCUT2D eigenvalue weighted by molar-refractivity contribution is -0.123. The first-order valence-electron chi connectivity index (χ1n) is 11.5. The molecule has 2 N–H and O–H groups in total. The molecule has 2 saturated heterocycles.